The fraction of sp³-hybridized carbons (Fsp3) is 0.440. The van der Waals surface area contributed by atoms with Crippen molar-refractivity contribution in [1.82, 2.24) is 10.2 Å². The molecule has 0 aliphatic carbocycles. The molecule has 2 aromatic rings. The predicted molar refractivity (Wildman–Crippen MR) is 124 cm³/mol. The highest BCUT2D eigenvalue weighted by molar-refractivity contribution is 5.87. The largest absolute Gasteiger partial charge is 0.497 e. The minimum absolute atomic E-state index is 0.0362. The lowest BCUT2D eigenvalue weighted by molar-refractivity contribution is -0.140. The molecule has 2 aromatic carbocycles. The van der Waals surface area contributed by atoms with Crippen molar-refractivity contribution >= 4 is 11.8 Å². The first kappa shape index (κ1) is 25.0. The molecule has 32 heavy (non-hydrogen) atoms. The topological polar surface area (TPSA) is 77.1 Å². The average molecular weight is 443 g/mol. The molecule has 0 radical (unpaired) electrons. The highest BCUT2D eigenvalue weighted by atomic mass is 16.5. The van der Waals surface area contributed by atoms with Crippen molar-refractivity contribution in [3.05, 3.63) is 53.6 Å². The van der Waals surface area contributed by atoms with Crippen molar-refractivity contribution < 1.29 is 23.8 Å². The van der Waals surface area contributed by atoms with Crippen molar-refractivity contribution in [2.24, 2.45) is 0 Å². The predicted octanol–water partition coefficient (Wildman–Crippen LogP) is 3.59. The molecule has 7 heteroatoms. The van der Waals surface area contributed by atoms with Crippen molar-refractivity contribution in [3.8, 4) is 17.2 Å². The fourth-order valence-electron chi connectivity index (χ4n) is 3.38. The summed E-state index contributed by atoms with van der Waals surface area (Å²) < 4.78 is 15.8. The van der Waals surface area contributed by atoms with Gasteiger partial charge in [0.1, 0.15) is 11.8 Å². The Bertz CT molecular complexity index is 882. The Morgan fingerprint density at radius 2 is 1.59 bits per heavy atom. The molecule has 7 nitrogen and oxygen atoms in total. The molecule has 174 valence electrons. The van der Waals surface area contributed by atoms with Gasteiger partial charge in [-0.3, -0.25) is 9.59 Å². The van der Waals surface area contributed by atoms with E-state index in [0.717, 1.165) is 23.3 Å². The highest BCUT2D eigenvalue weighted by Crippen LogP contribution is 2.27. The number of rotatable bonds is 12. The quantitative estimate of drug-likeness (QED) is 0.544. The number of nitrogens with zero attached hydrogens (tertiary/aromatic N) is 1. The Hall–Kier alpha value is -3.22. The fourth-order valence-corrected chi connectivity index (χ4v) is 3.38. The monoisotopic (exact) mass is 442 g/mol. The molecule has 0 heterocycles. The first-order valence-electron chi connectivity index (χ1n) is 10.8. The van der Waals surface area contributed by atoms with E-state index in [9.17, 15) is 9.59 Å². The van der Waals surface area contributed by atoms with Crippen molar-refractivity contribution in [2.75, 3.05) is 27.9 Å². The number of carbonyl (C=O) groups excluding carboxylic acids is 2. The number of amides is 2. The molecule has 1 atom stereocenters. The number of methoxy groups -OCH3 is 3. The third kappa shape index (κ3) is 6.90. The van der Waals surface area contributed by atoms with Gasteiger partial charge in [0.2, 0.25) is 11.8 Å². The lowest BCUT2D eigenvalue weighted by Gasteiger charge is -2.29. The van der Waals surface area contributed by atoms with Gasteiger partial charge in [-0.2, -0.15) is 0 Å². The van der Waals surface area contributed by atoms with Gasteiger partial charge in [0.15, 0.2) is 11.5 Å². The Labute approximate surface area is 190 Å². The van der Waals surface area contributed by atoms with E-state index in [1.165, 1.54) is 0 Å². The van der Waals surface area contributed by atoms with Crippen LogP contribution >= 0.6 is 0 Å². The summed E-state index contributed by atoms with van der Waals surface area (Å²) >= 11 is 0. The summed E-state index contributed by atoms with van der Waals surface area (Å²) in [6.07, 6.45) is 1.77. The molecule has 0 unspecified atom stereocenters. The van der Waals surface area contributed by atoms with Crippen LogP contribution in [0.3, 0.4) is 0 Å². The second kappa shape index (κ2) is 12.6. The second-order valence-electron chi connectivity index (χ2n) is 7.53. The van der Waals surface area contributed by atoms with Crippen LogP contribution in [0.25, 0.3) is 0 Å². The van der Waals surface area contributed by atoms with Crippen LogP contribution in [0.2, 0.25) is 0 Å². The van der Waals surface area contributed by atoms with Crippen LogP contribution in [0, 0.1) is 0 Å². The summed E-state index contributed by atoms with van der Waals surface area (Å²) in [7, 11) is 4.80. The zero-order chi connectivity index (χ0) is 23.5. The van der Waals surface area contributed by atoms with E-state index in [4.69, 9.17) is 14.2 Å². The van der Waals surface area contributed by atoms with Gasteiger partial charge in [-0.1, -0.05) is 25.1 Å². The maximum Gasteiger partial charge on any atom is 0.242 e. The average Bonchev–Trinajstić information content (AvgIpc) is 2.82. The molecule has 0 saturated carbocycles. The van der Waals surface area contributed by atoms with Crippen molar-refractivity contribution in [1.29, 1.82) is 0 Å². The first-order valence-corrected chi connectivity index (χ1v) is 10.8. The number of benzene rings is 2. The number of nitrogens with one attached hydrogen (secondary N) is 1. The van der Waals surface area contributed by atoms with E-state index in [2.05, 4.69) is 5.32 Å². The van der Waals surface area contributed by atoms with Gasteiger partial charge < -0.3 is 24.4 Å². The summed E-state index contributed by atoms with van der Waals surface area (Å²) in [6.45, 7) is 4.55. The first-order chi connectivity index (χ1) is 15.4. The van der Waals surface area contributed by atoms with Crippen LogP contribution in [0.15, 0.2) is 42.5 Å². The van der Waals surface area contributed by atoms with Gasteiger partial charge >= 0.3 is 0 Å². The molecule has 0 spiro atoms. The molecule has 0 bridgehead atoms. The Kier molecular flexibility index (Phi) is 9.85. The standard InChI is InChI=1S/C25H34N2O5/c1-6-7-24(28)27(17-20-8-11-21(30-3)12-9-20)18(2)25(29)26-15-14-19-10-13-22(31-4)23(16-19)32-5/h8-13,16,18H,6-7,14-15,17H2,1-5H3,(H,26,29)/t18-/m1/s1. The normalized spacial score (nSPS) is 11.4. The van der Waals surface area contributed by atoms with Crippen LogP contribution in [0.5, 0.6) is 17.2 Å². The third-order valence-corrected chi connectivity index (χ3v) is 5.30. The minimum Gasteiger partial charge on any atom is -0.497 e. The Morgan fingerprint density at radius 1 is 0.938 bits per heavy atom. The SMILES string of the molecule is CCCC(=O)N(Cc1ccc(OC)cc1)[C@H](C)C(=O)NCCc1ccc(OC)c(OC)c1. The summed E-state index contributed by atoms with van der Waals surface area (Å²) in [4.78, 5) is 27.2. The summed E-state index contributed by atoms with van der Waals surface area (Å²) in [5.74, 6) is 1.86. The van der Waals surface area contributed by atoms with Gasteiger partial charge in [0.05, 0.1) is 21.3 Å². The molecule has 0 saturated heterocycles. The summed E-state index contributed by atoms with van der Waals surface area (Å²) in [5.41, 5.74) is 1.97. The van der Waals surface area contributed by atoms with E-state index < -0.39 is 6.04 Å². The van der Waals surface area contributed by atoms with Crippen LogP contribution in [0.4, 0.5) is 0 Å². The number of hydrogen-bond acceptors (Lipinski definition) is 5. The number of carbonyl (C=O) groups is 2. The van der Waals surface area contributed by atoms with E-state index in [-0.39, 0.29) is 11.8 Å². The Morgan fingerprint density at radius 3 is 2.19 bits per heavy atom. The zero-order valence-corrected chi connectivity index (χ0v) is 19.6. The van der Waals surface area contributed by atoms with Gasteiger partial charge in [-0.05, 0) is 55.2 Å². The van der Waals surface area contributed by atoms with Crippen molar-refractivity contribution in [2.45, 2.75) is 45.7 Å². The number of ether oxygens (including phenoxy) is 3. The maximum atomic E-state index is 12.8. The smallest absolute Gasteiger partial charge is 0.242 e. The molecule has 0 fully saturated rings. The third-order valence-electron chi connectivity index (χ3n) is 5.30. The maximum absolute atomic E-state index is 12.8. The van der Waals surface area contributed by atoms with Gasteiger partial charge in [-0.25, -0.2) is 0 Å². The molecule has 0 aliphatic heterocycles. The van der Waals surface area contributed by atoms with Crippen molar-refractivity contribution in [3.63, 3.8) is 0 Å². The molecule has 0 aromatic heterocycles. The lowest BCUT2D eigenvalue weighted by atomic mass is 10.1. The zero-order valence-electron chi connectivity index (χ0n) is 19.6. The van der Waals surface area contributed by atoms with Crippen LogP contribution in [0.1, 0.15) is 37.8 Å². The van der Waals surface area contributed by atoms with Gasteiger partial charge in [-0.15, -0.1) is 0 Å². The second-order valence-corrected chi connectivity index (χ2v) is 7.53. The molecule has 2 amide bonds. The van der Waals surface area contributed by atoms with E-state index in [0.29, 0.717) is 37.4 Å². The van der Waals surface area contributed by atoms with E-state index in [1.54, 1.807) is 33.2 Å². The highest BCUT2D eigenvalue weighted by Gasteiger charge is 2.25. The lowest BCUT2D eigenvalue weighted by Crippen LogP contribution is -2.47. The summed E-state index contributed by atoms with van der Waals surface area (Å²) in [5, 5.41) is 2.95. The van der Waals surface area contributed by atoms with Crippen LogP contribution in [-0.2, 0) is 22.6 Å². The molecular weight excluding hydrogens is 408 g/mol. The molecule has 2 rings (SSSR count). The van der Waals surface area contributed by atoms with Gasteiger partial charge in [0.25, 0.3) is 0 Å². The van der Waals surface area contributed by atoms with Crippen LogP contribution < -0.4 is 19.5 Å². The van der Waals surface area contributed by atoms with E-state index >= 15 is 0 Å². The molecule has 1 N–H and O–H groups in total. The van der Waals surface area contributed by atoms with Gasteiger partial charge in [0, 0.05) is 19.5 Å². The molecule has 0 aliphatic rings. The molecular formula is C25H34N2O5. The van der Waals surface area contributed by atoms with E-state index in [1.807, 2.05) is 49.4 Å². The minimum atomic E-state index is -0.582. The summed E-state index contributed by atoms with van der Waals surface area (Å²) in [6, 6.07) is 12.6. The Balaban J connectivity index is 2.00. The number of hydrogen-bond donors (Lipinski definition) is 1. The van der Waals surface area contributed by atoms with Crippen LogP contribution in [-0.4, -0.2) is 50.6 Å².